The van der Waals surface area contributed by atoms with Crippen molar-refractivity contribution in [3.63, 3.8) is 0 Å². The third-order valence-electron chi connectivity index (χ3n) is 4.71. The molecular formula is C23H21N3O3. The van der Waals surface area contributed by atoms with Crippen molar-refractivity contribution in [2.75, 3.05) is 5.32 Å². The predicted octanol–water partition coefficient (Wildman–Crippen LogP) is 4.73. The number of hydrogen-bond donors (Lipinski definition) is 2. The average Bonchev–Trinajstić information content (AvgIpc) is 3.17. The number of aromatic amines is 1. The number of H-pyrrole nitrogens is 1. The lowest BCUT2D eigenvalue weighted by Gasteiger charge is -2.21. The van der Waals surface area contributed by atoms with Gasteiger partial charge in [0.2, 0.25) is 5.56 Å². The lowest BCUT2D eigenvalue weighted by Crippen LogP contribution is -2.17. The summed E-state index contributed by atoms with van der Waals surface area (Å²) in [5, 5.41) is 7.62. The highest BCUT2D eigenvalue weighted by Gasteiger charge is 2.19. The highest BCUT2D eigenvalue weighted by atomic mass is 16.5. The van der Waals surface area contributed by atoms with Gasteiger partial charge in [0.05, 0.1) is 5.52 Å². The summed E-state index contributed by atoms with van der Waals surface area (Å²) in [5.74, 6) is 0.137. The second-order valence-electron chi connectivity index (χ2n) is 7.95. The summed E-state index contributed by atoms with van der Waals surface area (Å²) in [4.78, 5) is 27.5. The molecule has 0 aliphatic carbocycles. The second kappa shape index (κ2) is 7.05. The van der Waals surface area contributed by atoms with Crippen molar-refractivity contribution in [2.45, 2.75) is 26.2 Å². The van der Waals surface area contributed by atoms with Crippen LogP contribution >= 0.6 is 0 Å². The van der Waals surface area contributed by atoms with Crippen molar-refractivity contribution in [2.24, 2.45) is 0 Å². The molecule has 4 aromatic rings. The van der Waals surface area contributed by atoms with Gasteiger partial charge in [-0.1, -0.05) is 62.3 Å². The Labute approximate surface area is 167 Å². The number of benzene rings is 2. The van der Waals surface area contributed by atoms with Gasteiger partial charge in [-0.05, 0) is 23.1 Å². The smallest absolute Gasteiger partial charge is 0.277 e. The van der Waals surface area contributed by atoms with Gasteiger partial charge in [-0.3, -0.25) is 9.59 Å². The monoisotopic (exact) mass is 387 g/mol. The molecule has 0 unspecified atom stereocenters. The molecular weight excluding hydrogens is 366 g/mol. The van der Waals surface area contributed by atoms with Crippen LogP contribution in [0.1, 0.15) is 36.8 Å². The molecule has 0 bridgehead atoms. The maximum Gasteiger partial charge on any atom is 0.277 e. The Hall–Kier alpha value is -3.67. The zero-order valence-corrected chi connectivity index (χ0v) is 16.4. The van der Waals surface area contributed by atoms with E-state index in [1.54, 1.807) is 18.2 Å². The molecule has 29 heavy (non-hydrogen) atoms. The molecule has 0 saturated heterocycles. The summed E-state index contributed by atoms with van der Waals surface area (Å²) in [5.41, 5.74) is 2.87. The predicted molar refractivity (Wildman–Crippen MR) is 113 cm³/mol. The molecule has 6 nitrogen and oxygen atoms in total. The summed E-state index contributed by atoms with van der Waals surface area (Å²) in [6.45, 7) is 6.18. The summed E-state index contributed by atoms with van der Waals surface area (Å²) in [6.07, 6.45) is 0. The number of aromatic nitrogens is 2. The van der Waals surface area contributed by atoms with Crippen molar-refractivity contribution in [3.05, 3.63) is 82.3 Å². The van der Waals surface area contributed by atoms with Gasteiger partial charge >= 0.3 is 0 Å². The first-order chi connectivity index (χ1) is 13.8. The number of carbonyl (C=O) groups excluding carboxylic acids is 1. The van der Waals surface area contributed by atoms with Gasteiger partial charge in [0, 0.05) is 28.8 Å². The molecule has 1 amide bonds. The van der Waals surface area contributed by atoms with Crippen LogP contribution in [0.15, 0.2) is 70.0 Å². The molecule has 0 aliphatic heterocycles. The number of fused-ring (bicyclic) bond motifs is 1. The largest absolute Gasteiger partial charge is 0.355 e. The zero-order chi connectivity index (χ0) is 20.6. The summed E-state index contributed by atoms with van der Waals surface area (Å²) in [6, 6.07) is 18.1. The quantitative estimate of drug-likeness (QED) is 0.532. The fourth-order valence-corrected chi connectivity index (χ4v) is 3.27. The molecule has 0 spiro atoms. The fraction of sp³-hybridized carbons (Fsp3) is 0.174. The fourth-order valence-electron chi connectivity index (χ4n) is 3.27. The molecule has 0 saturated carbocycles. The van der Waals surface area contributed by atoms with Crippen molar-refractivity contribution in [1.82, 2.24) is 10.1 Å². The minimum Gasteiger partial charge on any atom is -0.355 e. The highest BCUT2D eigenvalue weighted by molar-refractivity contribution is 6.04. The van der Waals surface area contributed by atoms with E-state index in [1.165, 1.54) is 0 Å². The van der Waals surface area contributed by atoms with Gasteiger partial charge in [0.1, 0.15) is 0 Å². The molecule has 4 rings (SSSR count). The third kappa shape index (κ3) is 3.82. The molecule has 2 heterocycles. The van der Waals surface area contributed by atoms with Crippen LogP contribution in [0.2, 0.25) is 0 Å². The van der Waals surface area contributed by atoms with E-state index in [2.05, 4.69) is 36.2 Å². The first-order valence-electron chi connectivity index (χ1n) is 9.32. The van der Waals surface area contributed by atoms with Gasteiger partial charge in [-0.25, -0.2) is 0 Å². The Morgan fingerprint density at radius 2 is 1.79 bits per heavy atom. The Morgan fingerprint density at radius 1 is 1.03 bits per heavy atom. The van der Waals surface area contributed by atoms with Crippen LogP contribution in [-0.4, -0.2) is 16.0 Å². The van der Waals surface area contributed by atoms with Crippen LogP contribution in [0.3, 0.4) is 0 Å². The van der Waals surface area contributed by atoms with E-state index in [-0.39, 0.29) is 22.6 Å². The molecule has 0 radical (unpaired) electrons. The number of rotatable bonds is 3. The maximum absolute atomic E-state index is 12.6. The number of amides is 1. The van der Waals surface area contributed by atoms with Crippen LogP contribution in [0.25, 0.3) is 22.2 Å². The Kier molecular flexibility index (Phi) is 4.54. The summed E-state index contributed by atoms with van der Waals surface area (Å²) >= 11 is 0. The highest BCUT2D eigenvalue weighted by Crippen LogP contribution is 2.29. The molecule has 2 aromatic carbocycles. The van der Waals surface area contributed by atoms with Gasteiger partial charge < -0.3 is 14.8 Å². The Morgan fingerprint density at radius 3 is 2.52 bits per heavy atom. The molecule has 6 heteroatoms. The normalized spacial score (nSPS) is 11.6. The van der Waals surface area contributed by atoms with E-state index in [0.717, 1.165) is 16.5 Å². The van der Waals surface area contributed by atoms with E-state index in [4.69, 9.17) is 4.52 Å². The molecule has 0 atom stereocenters. The topological polar surface area (TPSA) is 88.0 Å². The van der Waals surface area contributed by atoms with Crippen molar-refractivity contribution >= 4 is 22.5 Å². The first kappa shape index (κ1) is 18.7. The van der Waals surface area contributed by atoms with Crippen molar-refractivity contribution in [1.29, 1.82) is 0 Å². The number of pyridine rings is 1. The van der Waals surface area contributed by atoms with Crippen LogP contribution in [0.4, 0.5) is 5.69 Å². The standard InChI is InChI=1S/C23H21N3O3/c1-23(2,3)17-12-21(27)25-18-11-15(9-10-16(17)18)24-22(28)19-13-20(29-26-19)14-7-5-4-6-8-14/h4-13H,1-3H3,(H,24,28)(H,25,27). The lowest BCUT2D eigenvalue weighted by atomic mass is 9.85. The van der Waals surface area contributed by atoms with Gasteiger partial charge in [0.25, 0.3) is 5.91 Å². The number of nitrogens with zero attached hydrogens (tertiary/aromatic N) is 1. The first-order valence-corrected chi connectivity index (χ1v) is 9.32. The zero-order valence-electron chi connectivity index (χ0n) is 16.4. The van der Waals surface area contributed by atoms with Gasteiger partial charge in [0.15, 0.2) is 11.5 Å². The molecule has 146 valence electrons. The Balaban J connectivity index is 1.62. The van der Waals surface area contributed by atoms with Gasteiger partial charge in [-0.15, -0.1) is 0 Å². The van der Waals surface area contributed by atoms with Crippen LogP contribution in [-0.2, 0) is 5.41 Å². The van der Waals surface area contributed by atoms with E-state index in [9.17, 15) is 9.59 Å². The SMILES string of the molecule is CC(C)(C)c1cc(=O)[nH]c2cc(NC(=O)c3cc(-c4ccccc4)on3)ccc12. The van der Waals surface area contributed by atoms with Crippen LogP contribution in [0.5, 0.6) is 0 Å². The van der Waals surface area contributed by atoms with E-state index < -0.39 is 0 Å². The maximum atomic E-state index is 12.6. The van der Waals surface area contributed by atoms with E-state index in [1.807, 2.05) is 42.5 Å². The molecule has 0 aliphatic rings. The minimum absolute atomic E-state index is 0.171. The minimum atomic E-state index is -0.385. The van der Waals surface area contributed by atoms with Crippen LogP contribution in [0, 0.1) is 0 Å². The molecule has 2 N–H and O–H groups in total. The number of anilines is 1. The number of hydrogen-bond acceptors (Lipinski definition) is 4. The van der Waals surface area contributed by atoms with E-state index >= 15 is 0 Å². The third-order valence-corrected chi connectivity index (χ3v) is 4.71. The molecule has 0 fully saturated rings. The number of carbonyl (C=O) groups is 1. The summed E-state index contributed by atoms with van der Waals surface area (Å²) < 4.78 is 5.29. The lowest BCUT2D eigenvalue weighted by molar-refractivity contribution is 0.101. The summed E-state index contributed by atoms with van der Waals surface area (Å²) in [7, 11) is 0. The second-order valence-corrected chi connectivity index (χ2v) is 7.95. The Bertz CT molecular complexity index is 1250. The van der Waals surface area contributed by atoms with E-state index in [0.29, 0.717) is 17.0 Å². The van der Waals surface area contributed by atoms with Crippen LogP contribution < -0.4 is 10.9 Å². The molecule has 2 aromatic heterocycles. The van der Waals surface area contributed by atoms with Crippen molar-refractivity contribution in [3.8, 4) is 11.3 Å². The van der Waals surface area contributed by atoms with Gasteiger partial charge in [-0.2, -0.15) is 0 Å². The van der Waals surface area contributed by atoms with Crippen molar-refractivity contribution < 1.29 is 9.32 Å². The average molecular weight is 387 g/mol. The number of nitrogens with one attached hydrogen (secondary N) is 2.